The summed E-state index contributed by atoms with van der Waals surface area (Å²) in [5.74, 6) is 0.603. The Hall–Kier alpha value is -2.74. The molecule has 9 heteroatoms. The van der Waals surface area contributed by atoms with E-state index in [0.717, 1.165) is 10.6 Å². The Morgan fingerprint density at radius 1 is 1.11 bits per heavy atom. The fourth-order valence-electron chi connectivity index (χ4n) is 2.67. The van der Waals surface area contributed by atoms with Crippen LogP contribution in [-0.4, -0.2) is 10.8 Å². The molecule has 0 saturated carbocycles. The monoisotopic (exact) mass is 432 g/mol. The van der Waals surface area contributed by atoms with Gasteiger partial charge in [0.25, 0.3) is 11.6 Å². The molecule has 140 valence electrons. The number of nitro groups is 1. The zero-order valence-corrected chi connectivity index (χ0v) is 16.3. The highest BCUT2D eigenvalue weighted by Crippen LogP contribution is 2.40. The standard InChI is InChI=1S/C19H10Cl2N2O4S/c20-12-9-15(23(25)26)13(21)8-11(12)16-6-5-10(27-16)7-18-19(24)22-14-3-1-2-4-17(14)28-18/h1-9H,(H,22,24)/b18-7-. The van der Waals surface area contributed by atoms with Crippen LogP contribution in [0, 0.1) is 10.1 Å². The summed E-state index contributed by atoms with van der Waals surface area (Å²) in [4.78, 5) is 24.1. The Bertz CT molecular complexity index is 1160. The fraction of sp³-hybridized carbons (Fsp3) is 0. The Morgan fingerprint density at radius 2 is 1.89 bits per heavy atom. The third-order valence-corrected chi connectivity index (χ3v) is 5.69. The predicted octanol–water partition coefficient (Wildman–Crippen LogP) is 6.25. The minimum Gasteiger partial charge on any atom is -0.457 e. The summed E-state index contributed by atoms with van der Waals surface area (Å²) < 4.78 is 5.76. The Balaban J connectivity index is 1.66. The molecular formula is C19H10Cl2N2O4S. The predicted molar refractivity (Wildman–Crippen MR) is 110 cm³/mol. The van der Waals surface area contributed by atoms with E-state index >= 15 is 0 Å². The molecule has 28 heavy (non-hydrogen) atoms. The second-order valence-corrected chi connectivity index (χ2v) is 7.70. The first-order valence-corrected chi connectivity index (χ1v) is 9.53. The number of nitrogens with one attached hydrogen (secondary N) is 1. The minimum atomic E-state index is -0.604. The van der Waals surface area contributed by atoms with Crippen molar-refractivity contribution in [3.63, 3.8) is 0 Å². The van der Waals surface area contributed by atoms with Gasteiger partial charge in [-0.3, -0.25) is 14.9 Å². The number of benzene rings is 2. The number of thioether (sulfide) groups is 1. The van der Waals surface area contributed by atoms with Crippen LogP contribution in [-0.2, 0) is 4.79 Å². The number of carbonyl (C=O) groups excluding carboxylic acids is 1. The van der Waals surface area contributed by atoms with E-state index in [-0.39, 0.29) is 21.6 Å². The van der Waals surface area contributed by atoms with Crippen molar-refractivity contribution in [3.05, 3.63) is 79.4 Å². The lowest BCUT2D eigenvalue weighted by Gasteiger charge is -2.17. The van der Waals surface area contributed by atoms with Crippen LogP contribution in [0.1, 0.15) is 5.76 Å². The first-order valence-electron chi connectivity index (χ1n) is 7.96. The van der Waals surface area contributed by atoms with Crippen LogP contribution in [0.4, 0.5) is 11.4 Å². The maximum absolute atomic E-state index is 12.3. The number of fused-ring (bicyclic) bond motifs is 1. The molecule has 0 unspecified atom stereocenters. The Labute approximate surface area is 173 Å². The summed E-state index contributed by atoms with van der Waals surface area (Å²) >= 11 is 13.5. The molecule has 1 aliphatic rings. The number of carbonyl (C=O) groups is 1. The molecule has 0 saturated heterocycles. The first kappa shape index (κ1) is 18.6. The van der Waals surface area contributed by atoms with Gasteiger partial charge < -0.3 is 9.73 Å². The molecule has 1 amide bonds. The van der Waals surface area contributed by atoms with E-state index in [1.807, 2.05) is 24.3 Å². The maximum atomic E-state index is 12.3. The lowest BCUT2D eigenvalue weighted by atomic mass is 10.1. The van der Waals surface area contributed by atoms with Gasteiger partial charge in [-0.2, -0.15) is 0 Å². The summed E-state index contributed by atoms with van der Waals surface area (Å²) in [6.45, 7) is 0. The largest absolute Gasteiger partial charge is 0.457 e. The molecule has 0 spiro atoms. The Morgan fingerprint density at radius 3 is 2.68 bits per heavy atom. The summed E-state index contributed by atoms with van der Waals surface area (Å²) in [6.07, 6.45) is 1.63. The summed E-state index contributed by atoms with van der Waals surface area (Å²) in [6, 6.07) is 13.4. The number of para-hydroxylation sites is 1. The van der Waals surface area contributed by atoms with Crippen molar-refractivity contribution in [2.24, 2.45) is 0 Å². The van der Waals surface area contributed by atoms with E-state index in [1.54, 1.807) is 18.2 Å². The van der Waals surface area contributed by atoms with E-state index in [2.05, 4.69) is 5.32 Å². The summed E-state index contributed by atoms with van der Waals surface area (Å²) in [5.41, 5.74) is 0.911. The van der Waals surface area contributed by atoms with Gasteiger partial charge in [0.15, 0.2) is 0 Å². The molecule has 2 heterocycles. The summed E-state index contributed by atoms with van der Waals surface area (Å²) in [5, 5.41) is 13.9. The van der Waals surface area contributed by atoms with Gasteiger partial charge in [0.2, 0.25) is 0 Å². The number of furan rings is 1. The van der Waals surface area contributed by atoms with Crippen LogP contribution >= 0.6 is 35.0 Å². The van der Waals surface area contributed by atoms with Crippen LogP contribution in [0.2, 0.25) is 10.0 Å². The molecule has 6 nitrogen and oxygen atoms in total. The van der Waals surface area contributed by atoms with Crippen molar-refractivity contribution >= 4 is 58.3 Å². The topological polar surface area (TPSA) is 85.4 Å². The van der Waals surface area contributed by atoms with Gasteiger partial charge >= 0.3 is 0 Å². The number of rotatable bonds is 3. The highest BCUT2D eigenvalue weighted by molar-refractivity contribution is 8.04. The highest BCUT2D eigenvalue weighted by atomic mass is 35.5. The Kier molecular flexibility index (Phi) is 4.89. The van der Waals surface area contributed by atoms with Crippen molar-refractivity contribution < 1.29 is 14.1 Å². The zero-order chi connectivity index (χ0) is 19.8. The molecular weight excluding hydrogens is 423 g/mol. The highest BCUT2D eigenvalue weighted by Gasteiger charge is 2.22. The van der Waals surface area contributed by atoms with Gasteiger partial charge in [-0.25, -0.2) is 0 Å². The van der Waals surface area contributed by atoms with E-state index in [1.165, 1.54) is 23.9 Å². The van der Waals surface area contributed by atoms with Gasteiger partial charge in [-0.1, -0.05) is 47.1 Å². The molecule has 0 radical (unpaired) electrons. The third-order valence-electron chi connectivity index (χ3n) is 3.98. The van der Waals surface area contributed by atoms with Crippen LogP contribution in [0.25, 0.3) is 17.4 Å². The summed E-state index contributed by atoms with van der Waals surface area (Å²) in [7, 11) is 0. The normalized spacial score (nSPS) is 14.6. The fourth-order valence-corrected chi connectivity index (χ4v) is 4.09. The SMILES string of the molecule is O=C1Nc2ccccc2S/C1=C\c1ccc(-c2cc(Cl)c([N+](=O)[O-])cc2Cl)o1. The molecule has 0 fully saturated rings. The molecule has 2 aromatic carbocycles. The number of nitrogens with zero attached hydrogens (tertiary/aromatic N) is 1. The number of nitro benzene ring substituents is 1. The third kappa shape index (κ3) is 3.52. The lowest BCUT2D eigenvalue weighted by molar-refractivity contribution is -0.384. The van der Waals surface area contributed by atoms with E-state index in [9.17, 15) is 14.9 Å². The van der Waals surface area contributed by atoms with Gasteiger partial charge in [-0.15, -0.1) is 0 Å². The average Bonchev–Trinajstić information content (AvgIpc) is 3.12. The first-order chi connectivity index (χ1) is 13.4. The van der Waals surface area contributed by atoms with Crippen molar-refractivity contribution in [1.82, 2.24) is 0 Å². The van der Waals surface area contributed by atoms with Gasteiger partial charge in [-0.05, 0) is 30.3 Å². The zero-order valence-electron chi connectivity index (χ0n) is 13.9. The van der Waals surface area contributed by atoms with Crippen molar-refractivity contribution in [2.45, 2.75) is 4.90 Å². The molecule has 1 aliphatic heterocycles. The van der Waals surface area contributed by atoms with Crippen LogP contribution in [0.3, 0.4) is 0 Å². The van der Waals surface area contributed by atoms with Crippen molar-refractivity contribution in [2.75, 3.05) is 5.32 Å². The van der Waals surface area contributed by atoms with E-state index < -0.39 is 4.92 Å². The molecule has 1 N–H and O–H groups in total. The molecule has 0 atom stereocenters. The lowest BCUT2D eigenvalue weighted by Crippen LogP contribution is -2.16. The van der Waals surface area contributed by atoms with Crippen LogP contribution in [0.5, 0.6) is 0 Å². The van der Waals surface area contributed by atoms with Gasteiger partial charge in [0.1, 0.15) is 16.5 Å². The smallest absolute Gasteiger partial charge is 0.289 e. The quantitative estimate of drug-likeness (QED) is 0.300. The van der Waals surface area contributed by atoms with Crippen LogP contribution < -0.4 is 5.32 Å². The molecule has 0 bridgehead atoms. The second kappa shape index (κ2) is 7.35. The number of anilines is 1. The molecule has 3 aromatic rings. The number of hydrogen-bond acceptors (Lipinski definition) is 5. The van der Waals surface area contributed by atoms with Gasteiger partial charge in [0.05, 0.1) is 20.5 Å². The van der Waals surface area contributed by atoms with Crippen molar-refractivity contribution in [3.8, 4) is 11.3 Å². The van der Waals surface area contributed by atoms with Crippen molar-refractivity contribution in [1.29, 1.82) is 0 Å². The maximum Gasteiger partial charge on any atom is 0.289 e. The van der Waals surface area contributed by atoms with E-state index in [4.69, 9.17) is 27.6 Å². The number of halogens is 2. The van der Waals surface area contributed by atoms with E-state index in [0.29, 0.717) is 22.0 Å². The van der Waals surface area contributed by atoms with Gasteiger partial charge in [0, 0.05) is 22.6 Å². The number of amides is 1. The van der Waals surface area contributed by atoms with Crippen LogP contribution in [0.15, 0.2) is 62.7 Å². The molecule has 1 aromatic heterocycles. The second-order valence-electron chi connectivity index (χ2n) is 5.80. The minimum absolute atomic E-state index is 0.0421. The average molecular weight is 433 g/mol. The number of hydrogen-bond donors (Lipinski definition) is 1. The molecule has 4 rings (SSSR count). The molecule has 0 aliphatic carbocycles.